The van der Waals surface area contributed by atoms with Gasteiger partial charge in [0.05, 0.1) is 13.2 Å². The molecule has 0 saturated carbocycles. The summed E-state index contributed by atoms with van der Waals surface area (Å²) in [5, 5.41) is 3.11. The molecular weight excluding hydrogens is 340 g/mol. The summed E-state index contributed by atoms with van der Waals surface area (Å²) in [6.45, 7) is 6.73. The van der Waals surface area contributed by atoms with Gasteiger partial charge in [-0.05, 0) is 51.9 Å². The number of methoxy groups -OCH3 is 1. The summed E-state index contributed by atoms with van der Waals surface area (Å²) in [6, 6.07) is 8.12. The van der Waals surface area contributed by atoms with E-state index in [2.05, 4.69) is 30.1 Å². The maximum atomic E-state index is 12.8. The molecule has 0 radical (unpaired) electrons. The molecule has 1 saturated heterocycles. The van der Waals surface area contributed by atoms with Gasteiger partial charge < -0.3 is 19.7 Å². The molecule has 1 N–H and O–H groups in total. The van der Waals surface area contributed by atoms with Crippen LogP contribution in [0.3, 0.4) is 0 Å². The highest BCUT2D eigenvalue weighted by Crippen LogP contribution is 2.45. The number of para-hydroxylation sites is 1. The largest absolute Gasteiger partial charge is 0.496 e. The molecule has 27 heavy (non-hydrogen) atoms. The number of carbonyl (C=O) groups is 1. The summed E-state index contributed by atoms with van der Waals surface area (Å²) in [7, 11) is 5.80. The van der Waals surface area contributed by atoms with Crippen LogP contribution in [0.1, 0.15) is 45.1 Å². The zero-order valence-corrected chi connectivity index (χ0v) is 17.6. The highest BCUT2D eigenvalue weighted by molar-refractivity contribution is 5.78. The van der Waals surface area contributed by atoms with Gasteiger partial charge in [-0.2, -0.15) is 0 Å². The van der Waals surface area contributed by atoms with Crippen LogP contribution in [0.4, 0.5) is 0 Å². The molecule has 1 aliphatic rings. The second-order valence-corrected chi connectivity index (χ2v) is 8.27. The Kier molecular flexibility index (Phi) is 8.11. The molecule has 2 atom stereocenters. The molecule has 1 fully saturated rings. The number of ether oxygens (including phenoxy) is 2. The first-order chi connectivity index (χ1) is 12.9. The highest BCUT2D eigenvalue weighted by atomic mass is 16.5. The van der Waals surface area contributed by atoms with Crippen molar-refractivity contribution in [1.29, 1.82) is 0 Å². The monoisotopic (exact) mass is 376 g/mol. The lowest BCUT2D eigenvalue weighted by atomic mass is 9.68. The number of hydrogen-bond donors (Lipinski definition) is 1. The summed E-state index contributed by atoms with van der Waals surface area (Å²) >= 11 is 0. The summed E-state index contributed by atoms with van der Waals surface area (Å²) in [6.07, 6.45) is 3.27. The summed E-state index contributed by atoms with van der Waals surface area (Å²) in [5.74, 6) is 1.40. The fraction of sp³-hybridized carbons (Fsp3) is 0.682. The van der Waals surface area contributed by atoms with Gasteiger partial charge in [-0.25, -0.2) is 0 Å². The van der Waals surface area contributed by atoms with Crippen molar-refractivity contribution >= 4 is 5.91 Å². The number of nitrogens with one attached hydrogen (secondary N) is 1. The van der Waals surface area contributed by atoms with E-state index in [1.54, 1.807) is 7.11 Å². The predicted molar refractivity (Wildman–Crippen MR) is 109 cm³/mol. The van der Waals surface area contributed by atoms with Crippen molar-refractivity contribution in [2.75, 3.05) is 40.9 Å². The highest BCUT2D eigenvalue weighted by Gasteiger charge is 2.42. The first-order valence-corrected chi connectivity index (χ1v) is 10.0. The summed E-state index contributed by atoms with van der Waals surface area (Å²) in [4.78, 5) is 14.9. The van der Waals surface area contributed by atoms with Gasteiger partial charge in [-0.3, -0.25) is 4.79 Å². The van der Waals surface area contributed by atoms with Gasteiger partial charge in [0.25, 0.3) is 0 Å². The van der Waals surface area contributed by atoms with Crippen LogP contribution in [0.2, 0.25) is 0 Å². The summed E-state index contributed by atoms with van der Waals surface area (Å²) < 4.78 is 11.7. The average molecular weight is 377 g/mol. The first-order valence-electron chi connectivity index (χ1n) is 10.0. The van der Waals surface area contributed by atoms with E-state index in [1.807, 2.05) is 32.3 Å². The second-order valence-electron chi connectivity index (χ2n) is 8.27. The van der Waals surface area contributed by atoms with E-state index in [1.165, 1.54) is 0 Å². The van der Waals surface area contributed by atoms with Gasteiger partial charge >= 0.3 is 0 Å². The van der Waals surface area contributed by atoms with Crippen molar-refractivity contribution in [2.45, 2.75) is 51.0 Å². The van der Waals surface area contributed by atoms with Crippen molar-refractivity contribution in [3.63, 3.8) is 0 Å². The minimum atomic E-state index is -0.245. The molecule has 1 aromatic rings. The molecule has 1 heterocycles. The van der Waals surface area contributed by atoms with Crippen molar-refractivity contribution in [3.8, 4) is 5.75 Å². The SMILES string of the molecule is COc1ccccc1[C@]1(CC(=O)NCCCN(C)C)CCO[C@@H](C(C)C)C1. The number of hydrogen-bond acceptors (Lipinski definition) is 4. The van der Waals surface area contributed by atoms with Gasteiger partial charge in [0, 0.05) is 30.6 Å². The average Bonchev–Trinajstić information content (AvgIpc) is 2.65. The van der Waals surface area contributed by atoms with Gasteiger partial charge in [-0.1, -0.05) is 32.0 Å². The Morgan fingerprint density at radius 1 is 1.37 bits per heavy atom. The van der Waals surface area contributed by atoms with Crippen LogP contribution in [-0.4, -0.2) is 57.8 Å². The predicted octanol–water partition coefficient (Wildman–Crippen LogP) is 3.23. The number of carbonyl (C=O) groups excluding carboxylic acids is 1. The Balaban J connectivity index is 2.19. The third-order valence-corrected chi connectivity index (χ3v) is 5.53. The third-order valence-electron chi connectivity index (χ3n) is 5.53. The van der Waals surface area contributed by atoms with Gasteiger partial charge in [0.2, 0.25) is 5.91 Å². The van der Waals surface area contributed by atoms with E-state index in [4.69, 9.17) is 9.47 Å². The standard InChI is InChI=1S/C22H36N2O3/c1-17(2)20-15-22(11-14-27-20,18-9-6-7-10-19(18)26-5)16-21(25)23-12-8-13-24(3)4/h6-7,9-10,17,20H,8,11-16H2,1-5H3,(H,23,25)/t20-,22-/m1/s1. The number of amides is 1. The van der Waals surface area contributed by atoms with Crippen LogP contribution in [0.5, 0.6) is 5.75 Å². The van der Waals surface area contributed by atoms with Gasteiger partial charge in [0.1, 0.15) is 5.75 Å². The third kappa shape index (κ3) is 5.94. The molecule has 0 bridgehead atoms. The molecule has 0 aliphatic carbocycles. The van der Waals surface area contributed by atoms with E-state index in [0.717, 1.165) is 37.1 Å². The zero-order chi connectivity index (χ0) is 19.9. The molecule has 1 amide bonds. The minimum Gasteiger partial charge on any atom is -0.496 e. The van der Waals surface area contributed by atoms with Gasteiger partial charge in [-0.15, -0.1) is 0 Å². The van der Waals surface area contributed by atoms with E-state index in [0.29, 0.717) is 25.5 Å². The minimum absolute atomic E-state index is 0.115. The smallest absolute Gasteiger partial charge is 0.220 e. The Hall–Kier alpha value is -1.59. The maximum Gasteiger partial charge on any atom is 0.220 e. The van der Waals surface area contributed by atoms with E-state index < -0.39 is 0 Å². The summed E-state index contributed by atoms with van der Waals surface area (Å²) in [5.41, 5.74) is 0.885. The Morgan fingerprint density at radius 2 is 2.11 bits per heavy atom. The van der Waals surface area contributed by atoms with E-state index in [9.17, 15) is 4.79 Å². The van der Waals surface area contributed by atoms with E-state index >= 15 is 0 Å². The second kappa shape index (κ2) is 10.1. The normalized spacial score (nSPS) is 22.9. The van der Waals surface area contributed by atoms with Crippen LogP contribution < -0.4 is 10.1 Å². The molecule has 5 nitrogen and oxygen atoms in total. The fourth-order valence-electron chi connectivity index (χ4n) is 3.96. The molecular formula is C22H36N2O3. The fourth-order valence-corrected chi connectivity index (χ4v) is 3.96. The van der Waals surface area contributed by atoms with Crippen LogP contribution >= 0.6 is 0 Å². The lowest BCUT2D eigenvalue weighted by molar-refractivity contribution is -0.124. The molecule has 5 heteroatoms. The van der Waals surface area contributed by atoms with Crippen LogP contribution in [0.15, 0.2) is 24.3 Å². The Labute approximate surface area is 164 Å². The first kappa shape index (κ1) is 21.7. The quantitative estimate of drug-likeness (QED) is 0.673. The van der Waals surface area contributed by atoms with Crippen molar-refractivity contribution in [1.82, 2.24) is 10.2 Å². The number of rotatable bonds is 9. The molecule has 1 aliphatic heterocycles. The Morgan fingerprint density at radius 3 is 2.78 bits per heavy atom. The van der Waals surface area contributed by atoms with E-state index in [-0.39, 0.29) is 17.4 Å². The van der Waals surface area contributed by atoms with Crippen molar-refractivity contribution < 1.29 is 14.3 Å². The molecule has 1 aromatic carbocycles. The van der Waals surface area contributed by atoms with Crippen LogP contribution in [-0.2, 0) is 14.9 Å². The molecule has 2 rings (SSSR count). The number of nitrogens with zero attached hydrogens (tertiary/aromatic N) is 1. The zero-order valence-electron chi connectivity index (χ0n) is 17.6. The maximum absolute atomic E-state index is 12.8. The Bertz CT molecular complexity index is 603. The molecule has 0 spiro atoms. The van der Waals surface area contributed by atoms with Crippen LogP contribution in [0, 0.1) is 5.92 Å². The number of benzene rings is 1. The topological polar surface area (TPSA) is 50.8 Å². The lowest BCUT2D eigenvalue weighted by Crippen LogP contribution is -2.44. The van der Waals surface area contributed by atoms with Crippen LogP contribution in [0.25, 0.3) is 0 Å². The molecule has 0 unspecified atom stereocenters. The van der Waals surface area contributed by atoms with Crippen molar-refractivity contribution in [2.24, 2.45) is 5.92 Å². The molecule has 0 aromatic heterocycles. The van der Waals surface area contributed by atoms with Gasteiger partial charge in [0.15, 0.2) is 0 Å². The van der Waals surface area contributed by atoms with Crippen molar-refractivity contribution in [3.05, 3.63) is 29.8 Å². The molecule has 152 valence electrons. The lowest BCUT2D eigenvalue weighted by Gasteiger charge is -2.43.